The minimum atomic E-state index is -4.05. The standard InChI is InChI=1S/C38H40N4O4S/c43-38(44)41-26-23-35(27-34(41)21-12-25-40(28-30-13-4-1-5-14-30)29-31-15-6-2-7-16-31)42(33-19-8-3-9-20-33)47(45,46)36-22-10-17-32-18-11-24-39-37(32)36/h1-11,13-20,22,24,34-35H,12,21,23,25-29H2,(H,43,44)/t34?,35-/m0/s1. The fourth-order valence-electron chi connectivity index (χ4n) is 6.73. The van der Waals surface area contributed by atoms with E-state index in [0.717, 1.165) is 31.4 Å². The average Bonchev–Trinajstić information content (AvgIpc) is 3.09. The number of sulfonamides is 1. The van der Waals surface area contributed by atoms with E-state index in [1.165, 1.54) is 20.3 Å². The molecule has 1 saturated heterocycles. The summed E-state index contributed by atoms with van der Waals surface area (Å²) in [7, 11) is -4.05. The van der Waals surface area contributed by atoms with Crippen LogP contribution < -0.4 is 4.31 Å². The lowest BCUT2D eigenvalue weighted by Gasteiger charge is -2.43. The highest BCUT2D eigenvalue weighted by molar-refractivity contribution is 7.93. The normalized spacial score (nSPS) is 16.7. The van der Waals surface area contributed by atoms with Gasteiger partial charge in [-0.15, -0.1) is 0 Å². The molecule has 0 spiro atoms. The van der Waals surface area contributed by atoms with E-state index in [2.05, 4.69) is 34.1 Å². The fourth-order valence-corrected chi connectivity index (χ4v) is 8.59. The first-order valence-corrected chi connectivity index (χ1v) is 17.6. The van der Waals surface area contributed by atoms with Crippen molar-refractivity contribution in [3.8, 4) is 0 Å². The molecular weight excluding hydrogens is 609 g/mol. The maximum atomic E-state index is 14.6. The maximum absolute atomic E-state index is 14.6. The Hall–Kier alpha value is -4.73. The molecule has 1 aliphatic heterocycles. The van der Waals surface area contributed by atoms with Gasteiger partial charge >= 0.3 is 6.09 Å². The van der Waals surface area contributed by atoms with Gasteiger partial charge in [-0.2, -0.15) is 0 Å². The average molecular weight is 649 g/mol. The van der Waals surface area contributed by atoms with E-state index >= 15 is 0 Å². The van der Waals surface area contributed by atoms with Crippen molar-refractivity contribution < 1.29 is 18.3 Å². The molecule has 1 unspecified atom stereocenters. The molecule has 47 heavy (non-hydrogen) atoms. The van der Waals surface area contributed by atoms with Crippen LogP contribution in [0.15, 0.2) is 132 Å². The van der Waals surface area contributed by atoms with E-state index in [-0.39, 0.29) is 17.5 Å². The van der Waals surface area contributed by atoms with Crippen LogP contribution in [0.2, 0.25) is 0 Å². The molecule has 2 heterocycles. The lowest BCUT2D eigenvalue weighted by atomic mass is 9.93. The van der Waals surface area contributed by atoms with E-state index in [1.807, 2.05) is 66.7 Å². The molecule has 2 atom stereocenters. The van der Waals surface area contributed by atoms with Gasteiger partial charge < -0.3 is 10.0 Å². The van der Waals surface area contributed by atoms with Crippen molar-refractivity contribution in [3.63, 3.8) is 0 Å². The summed E-state index contributed by atoms with van der Waals surface area (Å²) in [6.07, 6.45) is 2.83. The zero-order chi connectivity index (χ0) is 32.6. The SMILES string of the molecule is O=C(O)N1CC[C@H](N(c2ccccc2)S(=O)(=O)c2cccc3cccnc23)CC1CCCN(Cc1ccccc1)Cc1ccccc1. The molecule has 0 bridgehead atoms. The number of hydrogen-bond acceptors (Lipinski definition) is 5. The highest BCUT2D eigenvalue weighted by Gasteiger charge is 2.39. The molecule has 0 saturated carbocycles. The van der Waals surface area contributed by atoms with Gasteiger partial charge in [-0.05, 0) is 67.6 Å². The summed E-state index contributed by atoms with van der Waals surface area (Å²) in [6.45, 7) is 2.60. The minimum Gasteiger partial charge on any atom is -0.465 e. The van der Waals surface area contributed by atoms with E-state index in [4.69, 9.17) is 0 Å². The molecule has 6 rings (SSSR count). The Morgan fingerprint density at radius 2 is 1.43 bits per heavy atom. The zero-order valence-corrected chi connectivity index (χ0v) is 27.1. The van der Waals surface area contributed by atoms with Gasteiger partial charge in [-0.3, -0.25) is 14.2 Å². The Kier molecular flexibility index (Phi) is 10.1. The number of amides is 1. The van der Waals surface area contributed by atoms with Crippen LogP contribution in [-0.2, 0) is 23.1 Å². The lowest BCUT2D eigenvalue weighted by molar-refractivity contribution is 0.0957. The largest absolute Gasteiger partial charge is 0.465 e. The number of benzene rings is 4. The molecule has 0 radical (unpaired) electrons. The number of hydrogen-bond donors (Lipinski definition) is 1. The third-order valence-corrected chi connectivity index (χ3v) is 10.8. The van der Waals surface area contributed by atoms with Crippen LogP contribution in [0.4, 0.5) is 10.5 Å². The molecule has 9 heteroatoms. The summed E-state index contributed by atoms with van der Waals surface area (Å²) in [5.41, 5.74) is 3.43. The van der Waals surface area contributed by atoms with Gasteiger partial charge in [0, 0.05) is 43.3 Å². The van der Waals surface area contributed by atoms with Gasteiger partial charge in [-0.25, -0.2) is 13.2 Å². The molecule has 8 nitrogen and oxygen atoms in total. The molecule has 1 aliphatic rings. The van der Waals surface area contributed by atoms with Crippen molar-refractivity contribution in [1.29, 1.82) is 0 Å². The first kappa shape index (κ1) is 32.2. The summed E-state index contributed by atoms with van der Waals surface area (Å²) < 4.78 is 30.6. The Morgan fingerprint density at radius 1 is 0.809 bits per heavy atom. The van der Waals surface area contributed by atoms with Gasteiger partial charge in [0.2, 0.25) is 0 Å². The minimum absolute atomic E-state index is 0.147. The van der Waals surface area contributed by atoms with E-state index in [9.17, 15) is 18.3 Å². The summed E-state index contributed by atoms with van der Waals surface area (Å²) in [5, 5.41) is 10.9. The third-order valence-electron chi connectivity index (χ3n) is 8.92. The maximum Gasteiger partial charge on any atom is 0.407 e. The number of likely N-dealkylation sites (tertiary alicyclic amines) is 1. The van der Waals surface area contributed by atoms with Gasteiger partial charge in [0.1, 0.15) is 4.90 Å². The van der Waals surface area contributed by atoms with Crippen LogP contribution in [0.25, 0.3) is 10.9 Å². The van der Waals surface area contributed by atoms with E-state index in [0.29, 0.717) is 30.5 Å². The zero-order valence-electron chi connectivity index (χ0n) is 26.3. The van der Waals surface area contributed by atoms with Crippen LogP contribution in [-0.4, -0.2) is 59.6 Å². The number of rotatable bonds is 12. The van der Waals surface area contributed by atoms with E-state index in [1.54, 1.807) is 36.5 Å². The van der Waals surface area contributed by atoms with Gasteiger partial charge in [0.15, 0.2) is 0 Å². The van der Waals surface area contributed by atoms with Crippen molar-refractivity contribution in [2.45, 2.75) is 55.8 Å². The molecular formula is C38H40N4O4S. The van der Waals surface area contributed by atoms with Crippen LogP contribution in [0, 0.1) is 0 Å². The summed E-state index contributed by atoms with van der Waals surface area (Å²) in [5.74, 6) is 0. The van der Waals surface area contributed by atoms with Crippen molar-refractivity contribution in [2.75, 3.05) is 17.4 Å². The Morgan fingerprint density at radius 3 is 2.06 bits per heavy atom. The molecule has 1 fully saturated rings. The second-order valence-corrected chi connectivity index (χ2v) is 13.9. The number of pyridine rings is 1. The second-order valence-electron chi connectivity index (χ2n) is 12.1. The van der Waals surface area contributed by atoms with Crippen molar-refractivity contribution in [2.24, 2.45) is 0 Å². The topological polar surface area (TPSA) is 94.0 Å². The lowest BCUT2D eigenvalue weighted by Crippen LogP contribution is -2.53. The quantitative estimate of drug-likeness (QED) is 0.151. The number of piperidine rings is 1. The first-order valence-electron chi connectivity index (χ1n) is 16.1. The van der Waals surface area contributed by atoms with Gasteiger partial charge in [-0.1, -0.05) is 97.1 Å². The highest BCUT2D eigenvalue weighted by atomic mass is 32.2. The summed E-state index contributed by atoms with van der Waals surface area (Å²) >= 11 is 0. The van der Waals surface area contributed by atoms with Crippen molar-refractivity contribution in [3.05, 3.63) is 139 Å². The van der Waals surface area contributed by atoms with Crippen LogP contribution in [0.1, 0.15) is 36.8 Å². The van der Waals surface area contributed by atoms with E-state index < -0.39 is 22.2 Å². The molecule has 4 aromatic carbocycles. The Labute approximate surface area is 277 Å². The van der Waals surface area contributed by atoms with Gasteiger partial charge in [0.25, 0.3) is 10.0 Å². The van der Waals surface area contributed by atoms with Crippen molar-refractivity contribution in [1.82, 2.24) is 14.8 Å². The Balaban J connectivity index is 1.25. The predicted molar refractivity (Wildman–Crippen MR) is 186 cm³/mol. The monoisotopic (exact) mass is 648 g/mol. The molecule has 242 valence electrons. The smallest absolute Gasteiger partial charge is 0.407 e. The number of fused-ring (bicyclic) bond motifs is 1. The summed E-state index contributed by atoms with van der Waals surface area (Å²) in [6, 6.07) is 37.9. The highest BCUT2D eigenvalue weighted by Crippen LogP contribution is 2.35. The van der Waals surface area contributed by atoms with Crippen LogP contribution in [0.5, 0.6) is 0 Å². The second kappa shape index (κ2) is 14.8. The van der Waals surface area contributed by atoms with Crippen LogP contribution in [0.3, 0.4) is 0 Å². The molecule has 5 aromatic rings. The first-order chi connectivity index (χ1) is 22.9. The third kappa shape index (κ3) is 7.64. The Bertz CT molecular complexity index is 1830. The molecule has 1 N–H and O–H groups in total. The number of anilines is 1. The number of nitrogens with zero attached hydrogens (tertiary/aromatic N) is 4. The van der Waals surface area contributed by atoms with Crippen molar-refractivity contribution >= 4 is 32.7 Å². The molecule has 0 aliphatic carbocycles. The summed E-state index contributed by atoms with van der Waals surface area (Å²) in [4.78, 5) is 20.9. The molecule has 1 aromatic heterocycles. The number of carboxylic acid groups (broad SMARTS) is 1. The number of carbonyl (C=O) groups is 1. The van der Waals surface area contributed by atoms with Crippen LogP contribution >= 0.6 is 0 Å². The fraction of sp³-hybridized carbons (Fsp3) is 0.263. The number of para-hydroxylation sites is 2. The molecule has 1 amide bonds. The number of aromatic nitrogens is 1. The van der Waals surface area contributed by atoms with Gasteiger partial charge in [0.05, 0.1) is 11.2 Å². The predicted octanol–water partition coefficient (Wildman–Crippen LogP) is 7.42.